The first kappa shape index (κ1) is 14.4. The highest BCUT2D eigenvalue weighted by Gasteiger charge is 2.04. The molecule has 1 nitrogen and oxygen atoms in total. The summed E-state index contributed by atoms with van der Waals surface area (Å²) in [6, 6.07) is 5.10. The summed E-state index contributed by atoms with van der Waals surface area (Å²) in [4.78, 5) is 0. The summed E-state index contributed by atoms with van der Waals surface area (Å²) in [5, 5.41) is 3.43. The average Bonchev–Trinajstić information content (AvgIpc) is 2.29. The maximum absolute atomic E-state index is 12.9. The minimum Gasteiger partial charge on any atom is -0.311 e. The molecule has 1 aromatic rings. The van der Waals surface area contributed by atoms with Crippen LogP contribution in [0.1, 0.15) is 32.8 Å². The zero-order valence-electron chi connectivity index (χ0n) is 10.6. The van der Waals surface area contributed by atoms with E-state index in [4.69, 9.17) is 0 Å². The van der Waals surface area contributed by atoms with Crippen LogP contribution in [0.25, 0.3) is 6.08 Å². The predicted octanol–water partition coefficient (Wildman–Crippen LogP) is 4.38. The molecule has 0 aliphatic rings. The van der Waals surface area contributed by atoms with Crippen LogP contribution >= 0.6 is 15.9 Å². The summed E-state index contributed by atoms with van der Waals surface area (Å²) >= 11 is 3.37. The van der Waals surface area contributed by atoms with Gasteiger partial charge >= 0.3 is 0 Å². The van der Waals surface area contributed by atoms with Crippen LogP contribution in [0.5, 0.6) is 0 Å². The fourth-order valence-corrected chi connectivity index (χ4v) is 1.98. The molecule has 0 saturated heterocycles. The van der Waals surface area contributed by atoms with Gasteiger partial charge in [-0.3, -0.25) is 0 Å². The maximum atomic E-state index is 12.9. The topological polar surface area (TPSA) is 12.0 Å². The molecule has 0 bridgehead atoms. The Balaban J connectivity index is 2.79. The Morgan fingerprint density at radius 3 is 2.82 bits per heavy atom. The smallest absolute Gasteiger partial charge is 0.124 e. The van der Waals surface area contributed by atoms with E-state index in [0.717, 1.165) is 23.0 Å². The summed E-state index contributed by atoms with van der Waals surface area (Å²) in [5.41, 5.74) is 2.25. The highest BCUT2D eigenvalue weighted by molar-refractivity contribution is 9.10. The van der Waals surface area contributed by atoms with E-state index in [9.17, 15) is 4.39 Å². The second-order valence-electron chi connectivity index (χ2n) is 4.23. The summed E-state index contributed by atoms with van der Waals surface area (Å²) in [6.07, 6.45) is 3.20. The Labute approximate surface area is 111 Å². The van der Waals surface area contributed by atoms with Gasteiger partial charge in [-0.05, 0) is 44.5 Å². The van der Waals surface area contributed by atoms with Gasteiger partial charge in [0.25, 0.3) is 0 Å². The van der Waals surface area contributed by atoms with E-state index < -0.39 is 0 Å². The van der Waals surface area contributed by atoms with E-state index in [1.807, 2.05) is 0 Å². The third-order valence-corrected chi connectivity index (χ3v) is 3.42. The van der Waals surface area contributed by atoms with Crippen molar-refractivity contribution in [3.8, 4) is 0 Å². The van der Waals surface area contributed by atoms with Crippen LogP contribution in [0.15, 0.2) is 28.2 Å². The Morgan fingerprint density at radius 2 is 2.24 bits per heavy atom. The van der Waals surface area contributed by atoms with Crippen molar-refractivity contribution in [2.24, 2.45) is 0 Å². The molecule has 0 aromatic heterocycles. The van der Waals surface area contributed by atoms with Gasteiger partial charge in [-0.25, -0.2) is 4.39 Å². The van der Waals surface area contributed by atoms with Crippen molar-refractivity contribution in [2.45, 2.75) is 33.2 Å². The first-order valence-electron chi connectivity index (χ1n) is 5.91. The van der Waals surface area contributed by atoms with Gasteiger partial charge in [0, 0.05) is 10.5 Å². The summed E-state index contributed by atoms with van der Waals surface area (Å²) in [7, 11) is 0. The zero-order chi connectivity index (χ0) is 12.8. The van der Waals surface area contributed by atoms with Crippen LogP contribution < -0.4 is 5.32 Å². The number of benzene rings is 1. The van der Waals surface area contributed by atoms with Crippen molar-refractivity contribution in [1.82, 2.24) is 5.32 Å². The Bertz CT molecular complexity index is 401. The van der Waals surface area contributed by atoms with E-state index in [2.05, 4.69) is 48.1 Å². The molecule has 1 unspecified atom stereocenters. The number of halogens is 2. The molecule has 0 spiro atoms. The molecule has 1 N–H and O–H groups in total. The van der Waals surface area contributed by atoms with Crippen LogP contribution in [0.2, 0.25) is 0 Å². The highest BCUT2D eigenvalue weighted by Crippen LogP contribution is 2.21. The molecule has 1 rings (SSSR count). The molecule has 94 valence electrons. The number of hydrogen-bond donors (Lipinski definition) is 1. The number of nitrogens with one attached hydrogen (secondary N) is 1. The first-order valence-corrected chi connectivity index (χ1v) is 6.70. The van der Waals surface area contributed by atoms with Crippen molar-refractivity contribution in [3.63, 3.8) is 0 Å². The molecular formula is C14H19BrFN. The van der Waals surface area contributed by atoms with Crippen molar-refractivity contribution in [3.05, 3.63) is 39.6 Å². The molecule has 0 amide bonds. The van der Waals surface area contributed by atoms with Crippen molar-refractivity contribution >= 4 is 22.0 Å². The lowest BCUT2D eigenvalue weighted by atomic mass is 10.1. The van der Waals surface area contributed by atoms with Crippen LogP contribution in [-0.4, -0.2) is 12.6 Å². The molecule has 1 atom stereocenters. The summed E-state index contributed by atoms with van der Waals surface area (Å²) in [5.74, 6) is -0.219. The van der Waals surface area contributed by atoms with E-state index >= 15 is 0 Å². The lowest BCUT2D eigenvalue weighted by molar-refractivity contribution is 0.604. The molecule has 0 heterocycles. The van der Waals surface area contributed by atoms with Gasteiger partial charge in [-0.2, -0.15) is 0 Å². The number of rotatable bonds is 5. The van der Waals surface area contributed by atoms with Gasteiger partial charge in [0.05, 0.1) is 0 Å². The van der Waals surface area contributed by atoms with Crippen molar-refractivity contribution in [2.75, 3.05) is 6.54 Å². The Kier molecular flexibility index (Phi) is 5.86. The quantitative estimate of drug-likeness (QED) is 0.851. The van der Waals surface area contributed by atoms with E-state index in [1.165, 1.54) is 17.7 Å². The van der Waals surface area contributed by atoms with Crippen LogP contribution in [0.3, 0.4) is 0 Å². The van der Waals surface area contributed by atoms with Crippen molar-refractivity contribution < 1.29 is 4.39 Å². The zero-order valence-corrected chi connectivity index (χ0v) is 12.1. The minimum atomic E-state index is -0.219. The predicted molar refractivity (Wildman–Crippen MR) is 75.5 cm³/mol. The van der Waals surface area contributed by atoms with Gasteiger partial charge in [0.1, 0.15) is 5.82 Å². The fourth-order valence-electron chi connectivity index (χ4n) is 1.51. The standard InChI is InChI=1S/C14H19BrFN/c1-4-7-17-11(3)10(2)8-12-5-6-13(16)9-14(12)15/h5-6,8-9,11,17H,4,7H2,1-3H3/b10-8+. The minimum absolute atomic E-state index is 0.219. The van der Waals surface area contributed by atoms with Crippen molar-refractivity contribution in [1.29, 1.82) is 0 Å². The Hall–Kier alpha value is -0.670. The highest BCUT2D eigenvalue weighted by atomic mass is 79.9. The molecule has 17 heavy (non-hydrogen) atoms. The normalized spacial score (nSPS) is 13.8. The summed E-state index contributed by atoms with van der Waals surface area (Å²) in [6.45, 7) is 7.38. The van der Waals surface area contributed by atoms with Gasteiger partial charge in [-0.15, -0.1) is 0 Å². The van der Waals surface area contributed by atoms with E-state index in [1.54, 1.807) is 6.07 Å². The molecule has 0 aliphatic carbocycles. The molecule has 0 saturated carbocycles. The molecule has 0 radical (unpaired) electrons. The molecule has 1 aromatic carbocycles. The fraction of sp³-hybridized carbons (Fsp3) is 0.429. The van der Waals surface area contributed by atoms with Gasteiger partial charge in [0.2, 0.25) is 0 Å². The van der Waals surface area contributed by atoms with E-state index in [-0.39, 0.29) is 5.82 Å². The SMILES string of the molecule is CCCNC(C)/C(C)=C/c1ccc(F)cc1Br. The molecule has 0 aliphatic heterocycles. The lowest BCUT2D eigenvalue weighted by Gasteiger charge is -2.14. The van der Waals surface area contributed by atoms with Crippen LogP contribution in [0.4, 0.5) is 4.39 Å². The molecule has 3 heteroatoms. The van der Waals surface area contributed by atoms with Gasteiger partial charge < -0.3 is 5.32 Å². The Morgan fingerprint density at radius 1 is 1.53 bits per heavy atom. The third kappa shape index (κ3) is 4.60. The van der Waals surface area contributed by atoms with Gasteiger partial charge in [-0.1, -0.05) is 40.6 Å². The molecular weight excluding hydrogens is 281 g/mol. The second kappa shape index (κ2) is 6.92. The van der Waals surface area contributed by atoms with Gasteiger partial charge in [0.15, 0.2) is 0 Å². The lowest BCUT2D eigenvalue weighted by Crippen LogP contribution is -2.27. The second-order valence-corrected chi connectivity index (χ2v) is 5.08. The maximum Gasteiger partial charge on any atom is 0.124 e. The van der Waals surface area contributed by atoms with Crippen LogP contribution in [0, 0.1) is 5.82 Å². The molecule has 0 fully saturated rings. The third-order valence-electron chi connectivity index (χ3n) is 2.73. The monoisotopic (exact) mass is 299 g/mol. The number of hydrogen-bond acceptors (Lipinski definition) is 1. The average molecular weight is 300 g/mol. The first-order chi connectivity index (χ1) is 8.04. The van der Waals surface area contributed by atoms with E-state index in [0.29, 0.717) is 6.04 Å². The summed E-state index contributed by atoms with van der Waals surface area (Å²) < 4.78 is 13.7. The largest absolute Gasteiger partial charge is 0.311 e. The van der Waals surface area contributed by atoms with Crippen LogP contribution in [-0.2, 0) is 0 Å².